The van der Waals surface area contributed by atoms with Gasteiger partial charge in [0.05, 0.1) is 11.5 Å². The maximum atomic E-state index is 11.4. The summed E-state index contributed by atoms with van der Waals surface area (Å²) in [5.74, 6) is -0.701. The van der Waals surface area contributed by atoms with Crippen LogP contribution < -0.4 is 16.4 Å². The summed E-state index contributed by atoms with van der Waals surface area (Å²) in [6.07, 6.45) is 1.16. The molecule has 0 aliphatic rings. The first kappa shape index (κ1) is 18.2. The monoisotopic (exact) mass is 345 g/mol. The topological polar surface area (TPSA) is 140 Å². The summed E-state index contributed by atoms with van der Waals surface area (Å²) in [4.78, 5) is 36.6. The van der Waals surface area contributed by atoms with Crippen molar-refractivity contribution in [2.24, 2.45) is 5.73 Å². The second-order valence-electron chi connectivity index (χ2n) is 4.03. The Hall–Kier alpha value is -1.85. The number of carbonyl (C=O) groups is 2. The predicted molar refractivity (Wildman–Crippen MR) is 84.3 cm³/mol. The number of nitrogens with one attached hydrogen (secondary N) is 2. The Morgan fingerprint density at radius 3 is 2.73 bits per heavy atom. The lowest BCUT2D eigenvalue weighted by Gasteiger charge is -2.14. The third-order valence-corrected chi connectivity index (χ3v) is 4.60. The van der Waals surface area contributed by atoms with E-state index in [0.717, 1.165) is 6.20 Å². The van der Waals surface area contributed by atoms with Crippen LogP contribution in [0.4, 0.5) is 5.69 Å². The van der Waals surface area contributed by atoms with E-state index in [2.05, 4.69) is 15.6 Å². The fourth-order valence-electron chi connectivity index (χ4n) is 1.29. The van der Waals surface area contributed by atoms with E-state index in [1.807, 2.05) is 0 Å². The van der Waals surface area contributed by atoms with Gasteiger partial charge in [0.15, 0.2) is 0 Å². The Bertz CT molecular complexity index is 540. The highest BCUT2D eigenvalue weighted by Gasteiger charge is 2.18. The highest BCUT2D eigenvalue weighted by Crippen LogP contribution is 2.30. The van der Waals surface area contributed by atoms with Crippen LogP contribution in [0, 0.1) is 10.1 Å². The van der Waals surface area contributed by atoms with E-state index in [1.165, 1.54) is 33.7 Å². The predicted octanol–water partition coefficient (Wildman–Crippen LogP) is -0.0804. The van der Waals surface area contributed by atoms with Gasteiger partial charge in [-0.25, -0.2) is 4.98 Å². The van der Waals surface area contributed by atoms with Gasteiger partial charge in [0.25, 0.3) is 5.69 Å². The molecular weight excluding hydrogens is 330 g/mol. The fourth-order valence-corrected chi connectivity index (χ4v) is 3.36. The molecule has 1 rings (SSSR count). The summed E-state index contributed by atoms with van der Waals surface area (Å²) in [5.41, 5.74) is 5.13. The zero-order valence-electron chi connectivity index (χ0n) is 11.6. The third kappa shape index (κ3) is 6.28. The highest BCUT2D eigenvalue weighted by molar-refractivity contribution is 8.76. The van der Waals surface area contributed by atoms with Crippen LogP contribution in [-0.2, 0) is 9.59 Å². The van der Waals surface area contributed by atoms with Gasteiger partial charge in [0, 0.05) is 11.8 Å². The highest BCUT2D eigenvalue weighted by atomic mass is 33.1. The molecule has 0 fully saturated rings. The number of likely N-dealkylation sites (N-methyl/N-ethyl adjacent to an activating group) is 1. The van der Waals surface area contributed by atoms with Crippen molar-refractivity contribution in [2.75, 3.05) is 19.3 Å². The molecule has 1 aromatic rings. The van der Waals surface area contributed by atoms with Gasteiger partial charge in [-0.05, 0) is 23.9 Å². The van der Waals surface area contributed by atoms with Crippen LogP contribution in [0.1, 0.15) is 0 Å². The standard InChI is InChI=1S/C11H15N5O4S2/c1-13-5-9(17)15-8(11(12)18)6-21-22-10-3-2-7(4-14-10)16(19)20/h2-4,8,13H,5-6H2,1H3,(H2,12,18)(H,15,17)/t8-/m0/s1. The van der Waals surface area contributed by atoms with Crippen LogP contribution in [0.15, 0.2) is 23.4 Å². The molecule has 2 amide bonds. The Morgan fingerprint density at radius 2 is 2.23 bits per heavy atom. The van der Waals surface area contributed by atoms with Crippen molar-refractivity contribution in [2.45, 2.75) is 11.1 Å². The normalized spacial score (nSPS) is 11.7. The minimum atomic E-state index is -0.795. The number of rotatable bonds is 9. The molecule has 0 saturated heterocycles. The zero-order chi connectivity index (χ0) is 16.5. The molecule has 0 bridgehead atoms. The van der Waals surface area contributed by atoms with E-state index in [9.17, 15) is 19.7 Å². The van der Waals surface area contributed by atoms with Crippen molar-refractivity contribution in [3.05, 3.63) is 28.4 Å². The van der Waals surface area contributed by atoms with Gasteiger partial charge >= 0.3 is 0 Å². The first-order valence-corrected chi connectivity index (χ1v) is 8.39. The smallest absolute Gasteiger partial charge is 0.287 e. The van der Waals surface area contributed by atoms with E-state index in [0.29, 0.717) is 5.03 Å². The molecule has 1 heterocycles. The van der Waals surface area contributed by atoms with E-state index in [-0.39, 0.29) is 23.9 Å². The summed E-state index contributed by atoms with van der Waals surface area (Å²) in [7, 11) is 4.12. The number of primary amides is 1. The summed E-state index contributed by atoms with van der Waals surface area (Å²) < 4.78 is 0. The molecule has 1 aromatic heterocycles. The Morgan fingerprint density at radius 1 is 1.50 bits per heavy atom. The maximum absolute atomic E-state index is 11.4. The maximum Gasteiger partial charge on any atom is 0.287 e. The number of nitrogens with zero attached hydrogens (tertiary/aromatic N) is 2. The van der Waals surface area contributed by atoms with Gasteiger partial charge in [0.1, 0.15) is 17.3 Å². The number of nitrogens with two attached hydrogens (primary N) is 1. The summed E-state index contributed by atoms with van der Waals surface area (Å²) in [6, 6.07) is 2.06. The van der Waals surface area contributed by atoms with Crippen molar-refractivity contribution >= 4 is 39.1 Å². The van der Waals surface area contributed by atoms with Crippen LogP contribution in [0.2, 0.25) is 0 Å². The number of carbonyl (C=O) groups excluding carboxylic acids is 2. The van der Waals surface area contributed by atoms with Crippen molar-refractivity contribution in [3.63, 3.8) is 0 Å². The van der Waals surface area contributed by atoms with Crippen molar-refractivity contribution in [3.8, 4) is 0 Å². The van der Waals surface area contributed by atoms with Crippen molar-refractivity contribution in [1.29, 1.82) is 0 Å². The summed E-state index contributed by atoms with van der Waals surface area (Å²) in [5, 5.41) is 16.2. The average Bonchev–Trinajstić information content (AvgIpc) is 2.46. The lowest BCUT2D eigenvalue weighted by molar-refractivity contribution is -0.385. The lowest BCUT2D eigenvalue weighted by Crippen LogP contribution is -2.48. The average molecular weight is 345 g/mol. The largest absolute Gasteiger partial charge is 0.368 e. The number of pyridine rings is 1. The van der Waals surface area contributed by atoms with Crippen molar-refractivity contribution < 1.29 is 14.5 Å². The van der Waals surface area contributed by atoms with Gasteiger partial charge < -0.3 is 16.4 Å². The van der Waals surface area contributed by atoms with Crippen LogP contribution in [0.3, 0.4) is 0 Å². The molecule has 0 radical (unpaired) electrons. The van der Waals surface area contributed by atoms with Crippen LogP contribution in [-0.4, -0.2) is 47.1 Å². The Labute approximate surface area is 134 Å². The van der Waals surface area contributed by atoms with Gasteiger partial charge in [-0.1, -0.05) is 10.8 Å². The van der Waals surface area contributed by atoms with Crippen molar-refractivity contribution in [1.82, 2.24) is 15.6 Å². The first-order chi connectivity index (χ1) is 10.4. The van der Waals surface area contributed by atoms with Crippen LogP contribution in [0.5, 0.6) is 0 Å². The molecule has 0 spiro atoms. The van der Waals surface area contributed by atoms with Crippen LogP contribution in [0.25, 0.3) is 0 Å². The molecule has 1 atom stereocenters. The minimum absolute atomic E-state index is 0.0888. The van der Waals surface area contributed by atoms with E-state index in [4.69, 9.17) is 5.73 Å². The number of hydrogen-bond donors (Lipinski definition) is 3. The van der Waals surface area contributed by atoms with E-state index < -0.39 is 16.9 Å². The molecular formula is C11H15N5O4S2. The molecule has 0 unspecified atom stereocenters. The molecule has 22 heavy (non-hydrogen) atoms. The number of aromatic nitrogens is 1. The molecule has 11 heteroatoms. The zero-order valence-corrected chi connectivity index (χ0v) is 13.3. The van der Waals surface area contributed by atoms with E-state index in [1.54, 1.807) is 7.05 Å². The Balaban J connectivity index is 2.47. The van der Waals surface area contributed by atoms with E-state index >= 15 is 0 Å². The molecule has 120 valence electrons. The molecule has 0 aliphatic carbocycles. The Kier molecular flexibility index (Phi) is 7.63. The third-order valence-electron chi connectivity index (χ3n) is 2.33. The fraction of sp³-hybridized carbons (Fsp3) is 0.364. The number of nitro groups is 1. The molecule has 0 aromatic carbocycles. The van der Waals surface area contributed by atoms with Crippen LogP contribution >= 0.6 is 21.6 Å². The minimum Gasteiger partial charge on any atom is -0.368 e. The summed E-state index contributed by atoms with van der Waals surface area (Å²) in [6.45, 7) is 0.0888. The van der Waals surface area contributed by atoms with Gasteiger partial charge in [-0.15, -0.1) is 0 Å². The van der Waals surface area contributed by atoms with Gasteiger partial charge in [0.2, 0.25) is 11.8 Å². The molecule has 0 saturated carbocycles. The molecule has 4 N–H and O–H groups in total. The quantitative estimate of drug-likeness (QED) is 0.321. The summed E-state index contributed by atoms with van der Waals surface area (Å²) >= 11 is 0. The molecule has 0 aliphatic heterocycles. The number of hydrogen-bond acceptors (Lipinski definition) is 8. The van der Waals surface area contributed by atoms with Gasteiger partial charge in [-0.3, -0.25) is 19.7 Å². The second kappa shape index (κ2) is 9.23. The second-order valence-corrected chi connectivity index (χ2v) is 6.39. The number of amides is 2. The SMILES string of the molecule is CNCC(=O)N[C@@H](CSSc1ccc([N+](=O)[O-])cn1)C(N)=O. The first-order valence-electron chi connectivity index (χ1n) is 6.07. The molecule has 9 nitrogen and oxygen atoms in total. The van der Waals surface area contributed by atoms with Gasteiger partial charge in [-0.2, -0.15) is 0 Å². The lowest BCUT2D eigenvalue weighted by atomic mass is 10.3.